The van der Waals surface area contributed by atoms with Crippen LogP contribution in [0.1, 0.15) is 26.2 Å². The number of hydrogen-bond donors (Lipinski definition) is 1. The van der Waals surface area contributed by atoms with Crippen LogP contribution in [0.3, 0.4) is 0 Å². The lowest BCUT2D eigenvalue weighted by atomic mass is 10.1. The third kappa shape index (κ3) is 2.48. The zero-order valence-electron chi connectivity index (χ0n) is 11.5. The van der Waals surface area contributed by atoms with Crippen LogP contribution < -0.4 is 5.32 Å². The summed E-state index contributed by atoms with van der Waals surface area (Å²) in [7, 11) is 1.97. The van der Waals surface area contributed by atoms with Gasteiger partial charge in [-0.1, -0.05) is 25.5 Å². The van der Waals surface area contributed by atoms with Gasteiger partial charge >= 0.3 is 0 Å². The largest absolute Gasteiger partial charge is 0.382 e. The molecule has 2 atom stereocenters. The monoisotopic (exact) mass is 256 g/mol. The Morgan fingerprint density at radius 1 is 1.32 bits per heavy atom. The molecule has 1 N–H and O–H groups in total. The SMILES string of the molecule is CC1CCCC1Nc1cccc(-c2nncn2C)c1. The van der Waals surface area contributed by atoms with Crippen LogP contribution >= 0.6 is 0 Å². The second kappa shape index (κ2) is 5.03. The van der Waals surface area contributed by atoms with E-state index in [1.54, 1.807) is 6.33 Å². The Bertz CT molecular complexity index is 561. The van der Waals surface area contributed by atoms with Crippen molar-refractivity contribution < 1.29 is 0 Å². The maximum Gasteiger partial charge on any atom is 0.163 e. The number of aryl methyl sites for hydroxylation is 1. The molecule has 3 rings (SSSR count). The van der Waals surface area contributed by atoms with Crippen LogP contribution in [0.5, 0.6) is 0 Å². The van der Waals surface area contributed by atoms with Crippen molar-refractivity contribution in [2.24, 2.45) is 13.0 Å². The Balaban J connectivity index is 1.82. The Hall–Kier alpha value is -1.84. The van der Waals surface area contributed by atoms with Crippen molar-refractivity contribution in [1.29, 1.82) is 0 Å². The highest BCUT2D eigenvalue weighted by Crippen LogP contribution is 2.29. The fraction of sp³-hybridized carbons (Fsp3) is 0.467. The molecule has 0 aliphatic heterocycles. The molecule has 0 saturated heterocycles. The van der Waals surface area contributed by atoms with Gasteiger partial charge in [-0.25, -0.2) is 0 Å². The number of anilines is 1. The van der Waals surface area contributed by atoms with E-state index in [2.05, 4.69) is 46.7 Å². The number of rotatable bonds is 3. The van der Waals surface area contributed by atoms with E-state index in [0.29, 0.717) is 6.04 Å². The van der Waals surface area contributed by atoms with Gasteiger partial charge in [-0.15, -0.1) is 10.2 Å². The van der Waals surface area contributed by atoms with Crippen LogP contribution in [-0.4, -0.2) is 20.8 Å². The van der Waals surface area contributed by atoms with Gasteiger partial charge in [0.15, 0.2) is 5.82 Å². The summed E-state index contributed by atoms with van der Waals surface area (Å²) in [5.74, 6) is 1.67. The maximum atomic E-state index is 4.16. The zero-order valence-corrected chi connectivity index (χ0v) is 11.5. The Morgan fingerprint density at radius 2 is 2.21 bits per heavy atom. The lowest BCUT2D eigenvalue weighted by Gasteiger charge is -2.19. The van der Waals surface area contributed by atoms with E-state index in [1.807, 2.05) is 11.6 Å². The number of hydrogen-bond acceptors (Lipinski definition) is 3. The molecule has 1 aromatic heterocycles. The number of aromatic nitrogens is 3. The first-order valence-electron chi connectivity index (χ1n) is 6.95. The highest BCUT2D eigenvalue weighted by atomic mass is 15.2. The van der Waals surface area contributed by atoms with Gasteiger partial charge in [0, 0.05) is 24.3 Å². The molecule has 1 aromatic carbocycles. The van der Waals surface area contributed by atoms with Gasteiger partial charge < -0.3 is 9.88 Å². The minimum Gasteiger partial charge on any atom is -0.382 e. The van der Waals surface area contributed by atoms with Crippen molar-refractivity contribution >= 4 is 5.69 Å². The fourth-order valence-corrected chi connectivity index (χ4v) is 2.87. The lowest BCUT2D eigenvalue weighted by molar-refractivity contribution is 0.556. The van der Waals surface area contributed by atoms with E-state index in [-0.39, 0.29) is 0 Å². The summed E-state index contributed by atoms with van der Waals surface area (Å²) in [6.07, 6.45) is 5.67. The highest BCUT2D eigenvalue weighted by Gasteiger charge is 2.22. The third-order valence-corrected chi connectivity index (χ3v) is 4.05. The topological polar surface area (TPSA) is 42.7 Å². The van der Waals surface area contributed by atoms with E-state index in [1.165, 1.54) is 24.9 Å². The molecule has 2 unspecified atom stereocenters. The molecule has 4 heteroatoms. The van der Waals surface area contributed by atoms with Crippen molar-refractivity contribution in [3.8, 4) is 11.4 Å². The Morgan fingerprint density at radius 3 is 2.89 bits per heavy atom. The van der Waals surface area contributed by atoms with Crippen LogP contribution in [0.2, 0.25) is 0 Å². The quantitative estimate of drug-likeness (QED) is 0.917. The van der Waals surface area contributed by atoms with Gasteiger partial charge in [0.1, 0.15) is 6.33 Å². The standard InChI is InChI=1S/C15H20N4/c1-11-5-3-8-14(11)17-13-7-4-6-12(9-13)15-18-16-10-19(15)2/h4,6-7,9-11,14,17H,3,5,8H2,1-2H3. The average Bonchev–Trinajstić information content (AvgIpc) is 3.00. The smallest absolute Gasteiger partial charge is 0.163 e. The van der Waals surface area contributed by atoms with Crippen LogP contribution in [0, 0.1) is 5.92 Å². The lowest BCUT2D eigenvalue weighted by Crippen LogP contribution is -2.21. The van der Waals surface area contributed by atoms with E-state index < -0.39 is 0 Å². The van der Waals surface area contributed by atoms with Crippen molar-refractivity contribution in [2.45, 2.75) is 32.2 Å². The predicted octanol–water partition coefficient (Wildman–Crippen LogP) is 3.08. The van der Waals surface area contributed by atoms with E-state index >= 15 is 0 Å². The van der Waals surface area contributed by atoms with Crippen LogP contribution in [-0.2, 0) is 7.05 Å². The van der Waals surface area contributed by atoms with Crippen molar-refractivity contribution in [3.63, 3.8) is 0 Å². The van der Waals surface area contributed by atoms with Crippen LogP contribution in [0.15, 0.2) is 30.6 Å². The number of benzene rings is 1. The molecular weight excluding hydrogens is 236 g/mol. The van der Waals surface area contributed by atoms with Gasteiger partial charge in [0.25, 0.3) is 0 Å². The van der Waals surface area contributed by atoms with Gasteiger partial charge in [0.05, 0.1) is 0 Å². The van der Waals surface area contributed by atoms with Gasteiger partial charge in [0.2, 0.25) is 0 Å². The van der Waals surface area contributed by atoms with E-state index in [0.717, 1.165) is 17.3 Å². The molecular formula is C15H20N4. The van der Waals surface area contributed by atoms with Crippen molar-refractivity contribution in [1.82, 2.24) is 14.8 Å². The molecule has 0 radical (unpaired) electrons. The predicted molar refractivity (Wildman–Crippen MR) is 76.9 cm³/mol. The van der Waals surface area contributed by atoms with Crippen LogP contribution in [0.4, 0.5) is 5.69 Å². The minimum atomic E-state index is 0.606. The first-order valence-corrected chi connectivity index (χ1v) is 6.95. The average molecular weight is 256 g/mol. The van der Waals surface area contributed by atoms with E-state index in [9.17, 15) is 0 Å². The minimum absolute atomic E-state index is 0.606. The first-order chi connectivity index (χ1) is 9.24. The molecule has 0 amide bonds. The van der Waals surface area contributed by atoms with Gasteiger partial charge in [-0.2, -0.15) is 0 Å². The molecule has 2 aromatic rings. The van der Waals surface area contributed by atoms with Crippen molar-refractivity contribution in [3.05, 3.63) is 30.6 Å². The summed E-state index contributed by atoms with van der Waals surface area (Å²) in [6.45, 7) is 2.33. The molecule has 4 nitrogen and oxygen atoms in total. The second-order valence-electron chi connectivity index (χ2n) is 5.51. The number of nitrogens with zero attached hydrogens (tertiary/aromatic N) is 3. The normalized spacial score (nSPS) is 22.6. The van der Waals surface area contributed by atoms with Crippen LogP contribution in [0.25, 0.3) is 11.4 Å². The summed E-state index contributed by atoms with van der Waals surface area (Å²) < 4.78 is 1.94. The fourth-order valence-electron chi connectivity index (χ4n) is 2.87. The Kier molecular flexibility index (Phi) is 3.23. The summed E-state index contributed by atoms with van der Waals surface area (Å²) in [4.78, 5) is 0. The Labute approximate surface area is 113 Å². The molecule has 0 spiro atoms. The molecule has 1 aliphatic rings. The summed E-state index contributed by atoms with van der Waals surface area (Å²) in [5.41, 5.74) is 2.29. The second-order valence-corrected chi connectivity index (χ2v) is 5.51. The first kappa shape index (κ1) is 12.2. The molecule has 0 bridgehead atoms. The summed E-state index contributed by atoms with van der Waals surface area (Å²) in [5, 5.41) is 11.7. The van der Waals surface area contributed by atoms with Gasteiger partial charge in [-0.05, 0) is 30.9 Å². The third-order valence-electron chi connectivity index (χ3n) is 4.05. The van der Waals surface area contributed by atoms with Crippen molar-refractivity contribution in [2.75, 3.05) is 5.32 Å². The maximum absolute atomic E-state index is 4.16. The zero-order chi connectivity index (χ0) is 13.2. The van der Waals surface area contributed by atoms with Gasteiger partial charge in [-0.3, -0.25) is 0 Å². The molecule has 1 heterocycles. The molecule has 100 valence electrons. The summed E-state index contributed by atoms with van der Waals surface area (Å²) >= 11 is 0. The van der Waals surface area contributed by atoms with E-state index in [4.69, 9.17) is 0 Å². The molecule has 1 aliphatic carbocycles. The summed E-state index contributed by atoms with van der Waals surface area (Å²) in [6, 6.07) is 9.05. The molecule has 1 fully saturated rings. The molecule has 19 heavy (non-hydrogen) atoms. The highest BCUT2D eigenvalue weighted by molar-refractivity contribution is 5.62. The molecule has 1 saturated carbocycles. The number of nitrogens with one attached hydrogen (secondary N) is 1.